The molecule has 0 rings (SSSR count). The van der Waals surface area contributed by atoms with Gasteiger partial charge < -0.3 is 0 Å². The molecule has 0 aliphatic heterocycles. The van der Waals surface area contributed by atoms with Crippen molar-refractivity contribution in [3.05, 3.63) is 0 Å². The molecule has 1 nitrogen and oxygen atoms in total. The van der Waals surface area contributed by atoms with Gasteiger partial charge in [-0.3, -0.25) is 0 Å². The Morgan fingerprint density at radius 1 is 1.44 bits per heavy atom. The summed E-state index contributed by atoms with van der Waals surface area (Å²) in [5.41, 5.74) is 0. The van der Waals surface area contributed by atoms with Crippen LogP contribution in [0.3, 0.4) is 0 Å². The Kier molecular flexibility index (Phi) is 5.30. The number of hydrogen-bond donors (Lipinski definition) is 0. The molecular formula is C7H17NS+. The van der Waals surface area contributed by atoms with E-state index in [1.165, 1.54) is 12.8 Å². The Labute approximate surface area is 62.8 Å². The molecule has 1 radical (unpaired) electrons. The molecule has 0 aliphatic carbocycles. The second kappa shape index (κ2) is 5.12. The lowest BCUT2D eigenvalue weighted by Crippen LogP contribution is -2.29. The van der Waals surface area contributed by atoms with E-state index < -0.39 is 0 Å². The summed E-state index contributed by atoms with van der Waals surface area (Å²) in [6.45, 7) is 2.23. The van der Waals surface area contributed by atoms with Crippen LogP contribution in [0, 0.1) is 0 Å². The normalized spacial score (nSPS) is 14.3. The average Bonchev–Trinajstić information content (AvgIpc) is 1.82. The predicted octanol–water partition coefficient (Wildman–Crippen LogP) is 1.88. The summed E-state index contributed by atoms with van der Waals surface area (Å²) in [6, 6.07) is 0. The molecule has 0 spiro atoms. The lowest BCUT2D eigenvalue weighted by molar-refractivity contribution is 0.499. The van der Waals surface area contributed by atoms with Crippen molar-refractivity contribution in [3.63, 3.8) is 0 Å². The van der Waals surface area contributed by atoms with E-state index in [1.807, 2.05) is 11.8 Å². The van der Waals surface area contributed by atoms with Crippen molar-refractivity contribution in [2.75, 3.05) is 20.4 Å². The highest BCUT2D eigenvalue weighted by Crippen LogP contribution is 2.12. The second-order valence-corrected chi connectivity index (χ2v) is 3.46. The first-order valence-electron chi connectivity index (χ1n) is 3.41. The summed E-state index contributed by atoms with van der Waals surface area (Å²) >= 11 is 1.93. The average molecular weight is 147 g/mol. The fraction of sp³-hybridized carbons (Fsp3) is 1.00. The molecule has 0 aromatic carbocycles. The van der Waals surface area contributed by atoms with E-state index in [1.54, 1.807) is 0 Å². The Bertz CT molecular complexity index is 63.9. The summed E-state index contributed by atoms with van der Waals surface area (Å²) in [6.07, 6.45) is 4.75. The third-order valence-electron chi connectivity index (χ3n) is 1.38. The van der Waals surface area contributed by atoms with Gasteiger partial charge in [-0.2, -0.15) is 4.90 Å². The van der Waals surface area contributed by atoms with E-state index in [4.69, 9.17) is 0 Å². The molecule has 0 amide bonds. The smallest absolute Gasteiger partial charge is 0.163 e. The van der Waals surface area contributed by atoms with Gasteiger partial charge in [0, 0.05) is 6.42 Å². The van der Waals surface area contributed by atoms with E-state index in [2.05, 4.69) is 32.2 Å². The number of thioether (sulfide) groups is 1. The van der Waals surface area contributed by atoms with E-state index in [0.717, 1.165) is 5.37 Å². The first kappa shape index (κ1) is 9.31. The van der Waals surface area contributed by atoms with Crippen molar-refractivity contribution in [1.29, 1.82) is 0 Å². The van der Waals surface area contributed by atoms with Gasteiger partial charge in [0.05, 0.1) is 0 Å². The van der Waals surface area contributed by atoms with Crippen molar-refractivity contribution < 1.29 is 0 Å². The van der Waals surface area contributed by atoms with Gasteiger partial charge in [0.15, 0.2) is 5.37 Å². The zero-order valence-electron chi connectivity index (χ0n) is 6.85. The maximum Gasteiger partial charge on any atom is 0.178 e. The minimum absolute atomic E-state index is 0.718. The quantitative estimate of drug-likeness (QED) is 0.434. The topological polar surface area (TPSA) is 5.90 Å². The SMILES string of the molecule is CCCC(SC)[N+](C)C. The predicted molar refractivity (Wildman–Crippen MR) is 46.2 cm³/mol. The van der Waals surface area contributed by atoms with Gasteiger partial charge in [0.2, 0.25) is 0 Å². The largest absolute Gasteiger partial charge is 0.178 e. The molecule has 0 bridgehead atoms. The molecule has 1 atom stereocenters. The van der Waals surface area contributed by atoms with Crippen LogP contribution in [-0.4, -0.2) is 25.7 Å². The maximum absolute atomic E-state index is 2.27. The lowest BCUT2D eigenvalue weighted by Gasteiger charge is -2.11. The van der Waals surface area contributed by atoms with Gasteiger partial charge >= 0.3 is 0 Å². The highest BCUT2D eigenvalue weighted by molar-refractivity contribution is 7.99. The van der Waals surface area contributed by atoms with E-state index >= 15 is 0 Å². The first-order chi connectivity index (χ1) is 4.22. The molecule has 2 heteroatoms. The van der Waals surface area contributed by atoms with Crippen LogP contribution in [0.25, 0.3) is 0 Å². The Morgan fingerprint density at radius 3 is 2.11 bits per heavy atom. The van der Waals surface area contributed by atoms with Crippen LogP contribution in [0.15, 0.2) is 0 Å². The van der Waals surface area contributed by atoms with Crippen molar-refractivity contribution >= 4 is 11.8 Å². The van der Waals surface area contributed by atoms with Crippen molar-refractivity contribution in [2.45, 2.75) is 25.1 Å². The second-order valence-electron chi connectivity index (χ2n) is 2.44. The van der Waals surface area contributed by atoms with Gasteiger partial charge in [-0.05, 0) is 12.7 Å². The molecule has 0 aliphatic rings. The molecular weight excluding hydrogens is 130 g/mol. The summed E-state index contributed by atoms with van der Waals surface area (Å²) in [5.74, 6) is 0. The highest BCUT2D eigenvalue weighted by atomic mass is 32.2. The van der Waals surface area contributed by atoms with Crippen LogP contribution in [-0.2, 0) is 0 Å². The van der Waals surface area contributed by atoms with Crippen molar-refractivity contribution in [1.82, 2.24) is 4.90 Å². The zero-order valence-corrected chi connectivity index (χ0v) is 7.66. The van der Waals surface area contributed by atoms with Crippen LogP contribution in [0.5, 0.6) is 0 Å². The minimum atomic E-state index is 0.718. The summed E-state index contributed by atoms with van der Waals surface area (Å²) < 4.78 is 0. The summed E-state index contributed by atoms with van der Waals surface area (Å²) in [4.78, 5) is 2.27. The summed E-state index contributed by atoms with van der Waals surface area (Å²) in [5, 5.41) is 0.718. The third kappa shape index (κ3) is 3.82. The number of rotatable bonds is 4. The molecule has 0 saturated heterocycles. The standard InChI is InChI=1S/C7H17NS/c1-5-6-7(9-4)8(2)3/h7H,5-6H2,1-4H3/q+1. The highest BCUT2D eigenvalue weighted by Gasteiger charge is 2.15. The van der Waals surface area contributed by atoms with Crippen LogP contribution in [0.4, 0.5) is 0 Å². The fourth-order valence-corrected chi connectivity index (χ4v) is 1.73. The Morgan fingerprint density at radius 2 is 2.00 bits per heavy atom. The number of nitrogens with zero attached hydrogens (tertiary/aromatic N) is 1. The molecule has 1 unspecified atom stereocenters. The lowest BCUT2D eigenvalue weighted by atomic mass is 10.3. The first-order valence-corrected chi connectivity index (χ1v) is 4.70. The van der Waals surface area contributed by atoms with E-state index in [9.17, 15) is 0 Å². The van der Waals surface area contributed by atoms with Gasteiger partial charge in [-0.25, -0.2) is 0 Å². The third-order valence-corrected chi connectivity index (χ3v) is 2.59. The van der Waals surface area contributed by atoms with Gasteiger partial charge in [0.25, 0.3) is 0 Å². The van der Waals surface area contributed by atoms with Crippen LogP contribution >= 0.6 is 11.8 Å². The van der Waals surface area contributed by atoms with Gasteiger partial charge in [-0.1, -0.05) is 18.7 Å². The van der Waals surface area contributed by atoms with Crippen molar-refractivity contribution in [3.8, 4) is 0 Å². The molecule has 9 heavy (non-hydrogen) atoms. The molecule has 55 valence electrons. The van der Waals surface area contributed by atoms with Crippen LogP contribution < -0.4 is 4.90 Å². The molecule has 0 fully saturated rings. The molecule has 0 aromatic heterocycles. The number of hydrogen-bond acceptors (Lipinski definition) is 2. The molecule has 0 saturated carbocycles. The molecule has 0 heterocycles. The van der Waals surface area contributed by atoms with Gasteiger partial charge in [0.1, 0.15) is 14.1 Å². The minimum Gasteiger partial charge on any atom is -0.163 e. The van der Waals surface area contributed by atoms with Crippen LogP contribution in [0.1, 0.15) is 19.8 Å². The monoisotopic (exact) mass is 147 g/mol. The fourth-order valence-electron chi connectivity index (χ4n) is 0.834. The maximum atomic E-state index is 2.27. The zero-order chi connectivity index (χ0) is 7.28. The van der Waals surface area contributed by atoms with E-state index in [-0.39, 0.29) is 0 Å². The Balaban J connectivity index is 3.41. The Hall–Kier alpha value is 0.310. The molecule has 0 aromatic rings. The molecule has 0 N–H and O–H groups in total. The van der Waals surface area contributed by atoms with Gasteiger partial charge in [-0.15, -0.1) is 0 Å². The van der Waals surface area contributed by atoms with Crippen molar-refractivity contribution in [2.24, 2.45) is 0 Å². The van der Waals surface area contributed by atoms with Crippen LogP contribution in [0.2, 0.25) is 0 Å². The summed E-state index contributed by atoms with van der Waals surface area (Å²) in [7, 11) is 4.27. The van der Waals surface area contributed by atoms with E-state index in [0.29, 0.717) is 0 Å².